The van der Waals surface area contributed by atoms with Crippen molar-refractivity contribution in [2.24, 2.45) is 11.8 Å². The Balaban J connectivity index is 1.23. The maximum Gasteiger partial charge on any atom is 0.233 e. The standard InChI is InChI=1S/C22H26N4O3/c27-20(10-13-26-21(28)18-4-1-2-5-19(18)22(26)29)23-14-16-6-8-17(9-7-16)15-25-12-3-11-24-25/h3,6-9,11-12,18-19H,1-2,4-5,10,13-15H2,(H,23,27)/t18-,19+. The Morgan fingerprint density at radius 1 is 1.03 bits per heavy atom. The second kappa shape index (κ2) is 8.59. The number of carbonyl (C=O) groups excluding carboxylic acids is 3. The fourth-order valence-electron chi connectivity index (χ4n) is 4.30. The highest BCUT2D eigenvalue weighted by molar-refractivity contribution is 6.05. The van der Waals surface area contributed by atoms with Crippen molar-refractivity contribution in [2.45, 2.75) is 45.2 Å². The number of hydrogen-bond donors (Lipinski definition) is 1. The van der Waals surface area contributed by atoms with Crippen LogP contribution in [-0.4, -0.2) is 38.9 Å². The molecule has 0 bridgehead atoms. The molecule has 1 aromatic heterocycles. The van der Waals surface area contributed by atoms with Gasteiger partial charge < -0.3 is 5.32 Å². The summed E-state index contributed by atoms with van der Waals surface area (Å²) in [4.78, 5) is 38.4. The molecule has 7 heteroatoms. The van der Waals surface area contributed by atoms with E-state index in [1.807, 2.05) is 41.2 Å². The molecule has 1 aliphatic carbocycles. The van der Waals surface area contributed by atoms with E-state index in [0.29, 0.717) is 13.1 Å². The molecule has 0 unspecified atom stereocenters. The number of hydrogen-bond acceptors (Lipinski definition) is 4. The van der Waals surface area contributed by atoms with Gasteiger partial charge in [-0.3, -0.25) is 24.0 Å². The lowest BCUT2D eigenvalue weighted by Crippen LogP contribution is -2.35. The Kier molecular flexibility index (Phi) is 5.74. The van der Waals surface area contributed by atoms with Gasteiger partial charge in [-0.2, -0.15) is 5.10 Å². The Labute approximate surface area is 170 Å². The molecule has 29 heavy (non-hydrogen) atoms. The van der Waals surface area contributed by atoms with Crippen LogP contribution in [0.2, 0.25) is 0 Å². The molecule has 1 saturated heterocycles. The first-order valence-electron chi connectivity index (χ1n) is 10.3. The fourth-order valence-corrected chi connectivity index (χ4v) is 4.30. The third kappa shape index (κ3) is 4.39. The first-order valence-corrected chi connectivity index (χ1v) is 10.3. The van der Waals surface area contributed by atoms with Crippen LogP contribution in [0.15, 0.2) is 42.7 Å². The smallest absolute Gasteiger partial charge is 0.233 e. The van der Waals surface area contributed by atoms with Crippen LogP contribution in [0.5, 0.6) is 0 Å². The van der Waals surface area contributed by atoms with Crippen LogP contribution in [0.1, 0.15) is 43.2 Å². The Morgan fingerprint density at radius 2 is 1.69 bits per heavy atom. The lowest BCUT2D eigenvalue weighted by Gasteiger charge is -2.19. The van der Waals surface area contributed by atoms with Crippen LogP contribution >= 0.6 is 0 Å². The fraction of sp³-hybridized carbons (Fsp3) is 0.455. The number of benzene rings is 1. The van der Waals surface area contributed by atoms with Crippen LogP contribution in [-0.2, 0) is 27.5 Å². The van der Waals surface area contributed by atoms with Gasteiger partial charge in [0.15, 0.2) is 0 Å². The van der Waals surface area contributed by atoms with Crippen LogP contribution in [0, 0.1) is 11.8 Å². The van der Waals surface area contributed by atoms with Gasteiger partial charge in [-0.25, -0.2) is 0 Å². The van der Waals surface area contributed by atoms with E-state index in [9.17, 15) is 14.4 Å². The topological polar surface area (TPSA) is 84.3 Å². The number of fused-ring (bicyclic) bond motifs is 1. The van der Waals surface area contributed by atoms with Crippen molar-refractivity contribution in [3.8, 4) is 0 Å². The molecule has 7 nitrogen and oxygen atoms in total. The molecular formula is C22H26N4O3. The predicted molar refractivity (Wildman–Crippen MR) is 106 cm³/mol. The zero-order valence-electron chi connectivity index (χ0n) is 16.4. The number of nitrogens with zero attached hydrogens (tertiary/aromatic N) is 3. The average Bonchev–Trinajstić information content (AvgIpc) is 3.33. The predicted octanol–water partition coefficient (Wildman–Crippen LogP) is 2.11. The molecule has 2 fully saturated rings. The first kappa shape index (κ1) is 19.4. The molecule has 4 rings (SSSR count). The quantitative estimate of drug-likeness (QED) is 0.729. The normalized spacial score (nSPS) is 21.3. The first-order chi connectivity index (χ1) is 14.1. The maximum atomic E-state index is 12.5. The average molecular weight is 394 g/mol. The Bertz CT molecular complexity index is 852. The molecule has 1 aliphatic heterocycles. The van der Waals surface area contributed by atoms with E-state index in [-0.39, 0.29) is 42.5 Å². The molecule has 2 heterocycles. The summed E-state index contributed by atoms with van der Waals surface area (Å²) in [6, 6.07) is 9.90. The molecule has 3 amide bonds. The van der Waals surface area contributed by atoms with Crippen molar-refractivity contribution in [3.05, 3.63) is 53.9 Å². The molecule has 2 aliphatic rings. The Hall–Kier alpha value is -2.96. The van der Waals surface area contributed by atoms with E-state index < -0.39 is 0 Å². The highest BCUT2D eigenvalue weighted by Gasteiger charge is 2.47. The summed E-state index contributed by atoms with van der Waals surface area (Å²) in [6.07, 6.45) is 7.43. The van der Waals surface area contributed by atoms with Crippen molar-refractivity contribution in [3.63, 3.8) is 0 Å². The van der Waals surface area contributed by atoms with Gasteiger partial charge in [0.1, 0.15) is 0 Å². The van der Waals surface area contributed by atoms with Crippen LogP contribution in [0.4, 0.5) is 0 Å². The molecule has 2 aromatic rings. The van der Waals surface area contributed by atoms with Crippen LogP contribution in [0.25, 0.3) is 0 Å². The summed E-state index contributed by atoms with van der Waals surface area (Å²) in [7, 11) is 0. The van der Waals surface area contributed by atoms with E-state index in [2.05, 4.69) is 10.4 Å². The second-order valence-corrected chi connectivity index (χ2v) is 7.87. The molecule has 0 spiro atoms. The molecule has 1 aromatic carbocycles. The summed E-state index contributed by atoms with van der Waals surface area (Å²) in [5.74, 6) is -0.624. The van der Waals surface area contributed by atoms with E-state index in [0.717, 1.165) is 36.8 Å². The van der Waals surface area contributed by atoms with E-state index in [1.54, 1.807) is 6.20 Å². The van der Waals surface area contributed by atoms with Gasteiger partial charge in [0.25, 0.3) is 0 Å². The van der Waals surface area contributed by atoms with Crippen LogP contribution < -0.4 is 5.32 Å². The lowest BCUT2D eigenvalue weighted by atomic mass is 9.81. The third-order valence-electron chi connectivity index (χ3n) is 5.91. The van der Waals surface area contributed by atoms with Gasteiger partial charge in [0.2, 0.25) is 17.7 Å². The Morgan fingerprint density at radius 3 is 2.31 bits per heavy atom. The van der Waals surface area contributed by atoms with Gasteiger partial charge in [-0.1, -0.05) is 37.1 Å². The second-order valence-electron chi connectivity index (χ2n) is 7.87. The minimum atomic E-state index is -0.153. The summed E-state index contributed by atoms with van der Waals surface area (Å²) in [5, 5.41) is 7.06. The molecule has 1 N–H and O–H groups in total. The van der Waals surface area contributed by atoms with Gasteiger partial charge in [0, 0.05) is 31.9 Å². The monoisotopic (exact) mass is 394 g/mol. The zero-order chi connectivity index (χ0) is 20.2. The summed E-state index contributed by atoms with van der Waals surface area (Å²) in [5.41, 5.74) is 2.14. The van der Waals surface area contributed by atoms with Crippen molar-refractivity contribution in [1.29, 1.82) is 0 Å². The number of imide groups is 1. The van der Waals surface area contributed by atoms with E-state index >= 15 is 0 Å². The molecular weight excluding hydrogens is 368 g/mol. The highest BCUT2D eigenvalue weighted by atomic mass is 16.2. The minimum Gasteiger partial charge on any atom is -0.352 e. The molecule has 1 saturated carbocycles. The van der Waals surface area contributed by atoms with Gasteiger partial charge in [-0.15, -0.1) is 0 Å². The summed E-state index contributed by atoms with van der Waals surface area (Å²) < 4.78 is 1.86. The number of carbonyl (C=O) groups is 3. The van der Waals surface area contributed by atoms with Crippen LogP contribution in [0.3, 0.4) is 0 Å². The number of amides is 3. The van der Waals surface area contributed by atoms with Crippen molar-refractivity contribution < 1.29 is 14.4 Å². The SMILES string of the molecule is O=C(CCN1C(=O)[C@H]2CCCC[C@H]2C1=O)NCc1ccc(Cn2cccn2)cc1. The van der Waals surface area contributed by atoms with E-state index in [1.165, 1.54) is 4.90 Å². The molecule has 2 atom stereocenters. The van der Waals surface area contributed by atoms with Gasteiger partial charge in [-0.05, 0) is 30.0 Å². The summed E-state index contributed by atoms with van der Waals surface area (Å²) in [6.45, 7) is 1.31. The van der Waals surface area contributed by atoms with Gasteiger partial charge in [0.05, 0.1) is 18.4 Å². The zero-order valence-corrected chi connectivity index (χ0v) is 16.4. The van der Waals surface area contributed by atoms with Gasteiger partial charge >= 0.3 is 0 Å². The van der Waals surface area contributed by atoms with Crippen molar-refractivity contribution in [2.75, 3.05) is 6.54 Å². The van der Waals surface area contributed by atoms with Crippen molar-refractivity contribution >= 4 is 17.7 Å². The molecule has 0 radical (unpaired) electrons. The highest BCUT2D eigenvalue weighted by Crippen LogP contribution is 2.37. The molecule has 152 valence electrons. The minimum absolute atomic E-state index is 0.0831. The lowest BCUT2D eigenvalue weighted by molar-refractivity contribution is -0.140. The number of likely N-dealkylation sites (tertiary alicyclic amines) is 1. The number of aromatic nitrogens is 2. The van der Waals surface area contributed by atoms with E-state index in [4.69, 9.17) is 0 Å². The van der Waals surface area contributed by atoms with Crippen molar-refractivity contribution in [1.82, 2.24) is 20.0 Å². The third-order valence-corrected chi connectivity index (χ3v) is 5.91. The number of nitrogens with one attached hydrogen (secondary N) is 1. The number of rotatable bonds is 7. The maximum absolute atomic E-state index is 12.5. The largest absolute Gasteiger partial charge is 0.352 e. The summed E-state index contributed by atoms with van der Waals surface area (Å²) >= 11 is 0.